The van der Waals surface area contributed by atoms with E-state index in [0.717, 1.165) is 5.82 Å². The average Bonchev–Trinajstić information content (AvgIpc) is 2.28. The first-order chi connectivity index (χ1) is 8.04. The minimum atomic E-state index is -0.0481. The quantitative estimate of drug-likeness (QED) is 0.560. The molecule has 96 valence electrons. The Bertz CT molecular complexity index is 320. The zero-order chi connectivity index (χ0) is 12.7. The molecule has 0 fully saturated rings. The number of hydrogen-bond donors (Lipinski definition) is 0. The van der Waals surface area contributed by atoms with Crippen LogP contribution >= 0.6 is 0 Å². The van der Waals surface area contributed by atoms with Crippen LogP contribution in [0.5, 0.6) is 5.75 Å². The van der Waals surface area contributed by atoms with Crippen LogP contribution in [0.4, 0.5) is 0 Å². The van der Waals surface area contributed by atoms with E-state index in [0.29, 0.717) is 19.0 Å². The minimum Gasteiger partial charge on any atom is -0.464 e. The van der Waals surface area contributed by atoms with E-state index in [-0.39, 0.29) is 12.2 Å². The summed E-state index contributed by atoms with van der Waals surface area (Å²) >= 11 is 0. The molecule has 0 saturated heterocycles. The van der Waals surface area contributed by atoms with Crippen LogP contribution in [0.15, 0.2) is 12.4 Å². The molecule has 0 aliphatic rings. The van der Waals surface area contributed by atoms with Gasteiger partial charge in [-0.15, -0.1) is 0 Å². The monoisotopic (exact) mass is 240 g/mol. The highest BCUT2D eigenvalue weighted by Crippen LogP contribution is 2.18. The van der Waals surface area contributed by atoms with Crippen molar-refractivity contribution < 1.29 is 14.2 Å². The van der Waals surface area contributed by atoms with Crippen molar-refractivity contribution in [1.82, 2.24) is 9.97 Å². The number of methoxy groups -OCH3 is 1. The molecule has 1 heterocycles. The maximum absolute atomic E-state index is 5.32. The van der Waals surface area contributed by atoms with E-state index < -0.39 is 0 Å². The van der Waals surface area contributed by atoms with Gasteiger partial charge in [0.1, 0.15) is 5.82 Å². The molecular weight excluding hydrogens is 220 g/mol. The first-order valence-electron chi connectivity index (χ1n) is 5.56. The summed E-state index contributed by atoms with van der Waals surface area (Å²) in [6.45, 7) is 7.45. The van der Waals surface area contributed by atoms with Crippen molar-refractivity contribution in [2.75, 3.05) is 27.1 Å². The molecule has 1 aromatic rings. The van der Waals surface area contributed by atoms with E-state index in [1.54, 1.807) is 19.5 Å². The van der Waals surface area contributed by atoms with E-state index in [1.807, 2.05) is 0 Å². The number of nitrogens with zero attached hydrogens (tertiary/aromatic N) is 2. The summed E-state index contributed by atoms with van der Waals surface area (Å²) in [5, 5.41) is 0. The van der Waals surface area contributed by atoms with Crippen LogP contribution in [0, 0.1) is 0 Å². The lowest BCUT2D eigenvalue weighted by atomic mass is 9.96. The fraction of sp³-hybridized carbons (Fsp3) is 0.667. The molecule has 0 amide bonds. The fourth-order valence-corrected chi connectivity index (χ4v) is 1.09. The first-order valence-corrected chi connectivity index (χ1v) is 5.56. The fourth-order valence-electron chi connectivity index (χ4n) is 1.09. The third-order valence-corrected chi connectivity index (χ3v) is 2.04. The lowest BCUT2D eigenvalue weighted by Gasteiger charge is -2.16. The molecule has 5 nitrogen and oxygen atoms in total. The molecule has 0 bridgehead atoms. The summed E-state index contributed by atoms with van der Waals surface area (Å²) in [6.07, 6.45) is 3.32. The van der Waals surface area contributed by atoms with Crippen LogP contribution in [0.25, 0.3) is 0 Å². The molecule has 0 saturated carbocycles. The lowest BCUT2D eigenvalue weighted by molar-refractivity contribution is -0.00882. The van der Waals surface area contributed by atoms with Gasteiger partial charge in [-0.05, 0) is 0 Å². The van der Waals surface area contributed by atoms with Gasteiger partial charge in [0, 0.05) is 12.5 Å². The average molecular weight is 240 g/mol. The Morgan fingerprint density at radius 2 is 1.76 bits per heavy atom. The van der Waals surface area contributed by atoms with Crippen molar-refractivity contribution in [1.29, 1.82) is 0 Å². The van der Waals surface area contributed by atoms with Crippen molar-refractivity contribution in [3.63, 3.8) is 0 Å². The highest BCUT2D eigenvalue weighted by Gasteiger charge is 2.16. The maximum atomic E-state index is 5.32. The largest absolute Gasteiger partial charge is 0.464 e. The van der Waals surface area contributed by atoms with Crippen molar-refractivity contribution in [3.05, 3.63) is 18.2 Å². The first kappa shape index (κ1) is 13.9. The van der Waals surface area contributed by atoms with E-state index >= 15 is 0 Å². The van der Waals surface area contributed by atoms with Gasteiger partial charge in [0.15, 0.2) is 12.5 Å². The SMILES string of the molecule is COCCOCOc1cnc(C(C)(C)C)nc1. The van der Waals surface area contributed by atoms with Crippen molar-refractivity contribution in [2.24, 2.45) is 0 Å². The third kappa shape index (κ3) is 5.10. The number of ether oxygens (including phenoxy) is 3. The van der Waals surface area contributed by atoms with Gasteiger partial charge < -0.3 is 14.2 Å². The summed E-state index contributed by atoms with van der Waals surface area (Å²) in [6, 6.07) is 0. The molecule has 0 aliphatic heterocycles. The summed E-state index contributed by atoms with van der Waals surface area (Å²) < 4.78 is 15.3. The van der Waals surface area contributed by atoms with Crippen LogP contribution in [-0.4, -0.2) is 37.1 Å². The molecule has 0 unspecified atom stereocenters. The Labute approximate surface area is 102 Å². The Morgan fingerprint density at radius 1 is 1.12 bits per heavy atom. The van der Waals surface area contributed by atoms with Gasteiger partial charge in [-0.3, -0.25) is 0 Å². The number of hydrogen-bond acceptors (Lipinski definition) is 5. The maximum Gasteiger partial charge on any atom is 0.189 e. The number of rotatable bonds is 6. The highest BCUT2D eigenvalue weighted by molar-refractivity contribution is 5.14. The standard InChI is InChI=1S/C12H20N2O3/c1-12(2,3)11-13-7-10(8-14-11)17-9-16-6-5-15-4/h7-8H,5-6,9H2,1-4H3. The van der Waals surface area contributed by atoms with Gasteiger partial charge in [0.05, 0.1) is 25.6 Å². The van der Waals surface area contributed by atoms with Gasteiger partial charge >= 0.3 is 0 Å². The zero-order valence-electron chi connectivity index (χ0n) is 10.9. The Hall–Kier alpha value is -1.20. The molecule has 0 atom stereocenters. The summed E-state index contributed by atoms with van der Waals surface area (Å²) in [7, 11) is 1.63. The molecule has 0 aliphatic carbocycles. The van der Waals surface area contributed by atoms with E-state index in [1.165, 1.54) is 0 Å². The van der Waals surface area contributed by atoms with E-state index in [9.17, 15) is 0 Å². The Balaban J connectivity index is 2.36. The van der Waals surface area contributed by atoms with E-state index in [4.69, 9.17) is 14.2 Å². The molecule has 0 aromatic carbocycles. The van der Waals surface area contributed by atoms with Gasteiger partial charge in [0.2, 0.25) is 0 Å². The normalized spacial score (nSPS) is 11.5. The summed E-state index contributed by atoms with van der Waals surface area (Å²) in [5.74, 6) is 1.40. The predicted molar refractivity (Wildman–Crippen MR) is 64.1 cm³/mol. The Morgan fingerprint density at radius 3 is 2.29 bits per heavy atom. The molecule has 1 rings (SSSR count). The van der Waals surface area contributed by atoms with Gasteiger partial charge in [-0.25, -0.2) is 9.97 Å². The lowest BCUT2D eigenvalue weighted by Crippen LogP contribution is -2.16. The Kier molecular flexibility index (Phi) is 5.31. The van der Waals surface area contributed by atoms with Crippen LogP contribution < -0.4 is 4.74 Å². The molecule has 5 heteroatoms. The third-order valence-electron chi connectivity index (χ3n) is 2.04. The number of aromatic nitrogens is 2. The van der Waals surface area contributed by atoms with Crippen molar-refractivity contribution >= 4 is 0 Å². The molecule has 17 heavy (non-hydrogen) atoms. The zero-order valence-corrected chi connectivity index (χ0v) is 10.9. The van der Waals surface area contributed by atoms with Crippen LogP contribution in [0.1, 0.15) is 26.6 Å². The van der Waals surface area contributed by atoms with Crippen molar-refractivity contribution in [2.45, 2.75) is 26.2 Å². The van der Waals surface area contributed by atoms with Gasteiger partial charge in [-0.1, -0.05) is 20.8 Å². The van der Waals surface area contributed by atoms with Crippen LogP contribution in [0.2, 0.25) is 0 Å². The highest BCUT2D eigenvalue weighted by atomic mass is 16.7. The second kappa shape index (κ2) is 6.51. The predicted octanol–water partition coefficient (Wildman–Crippen LogP) is 1.77. The second-order valence-electron chi connectivity index (χ2n) is 4.66. The molecule has 0 N–H and O–H groups in total. The van der Waals surface area contributed by atoms with Crippen LogP contribution in [0.3, 0.4) is 0 Å². The summed E-state index contributed by atoms with van der Waals surface area (Å²) in [5.41, 5.74) is -0.0481. The smallest absolute Gasteiger partial charge is 0.189 e. The summed E-state index contributed by atoms with van der Waals surface area (Å²) in [4.78, 5) is 8.50. The van der Waals surface area contributed by atoms with Crippen LogP contribution in [-0.2, 0) is 14.9 Å². The molecular formula is C12H20N2O3. The topological polar surface area (TPSA) is 53.5 Å². The molecule has 0 spiro atoms. The van der Waals surface area contributed by atoms with Crippen molar-refractivity contribution in [3.8, 4) is 5.75 Å². The van der Waals surface area contributed by atoms with Gasteiger partial charge in [0.25, 0.3) is 0 Å². The second-order valence-corrected chi connectivity index (χ2v) is 4.66. The van der Waals surface area contributed by atoms with E-state index in [2.05, 4.69) is 30.7 Å². The minimum absolute atomic E-state index is 0.0481. The molecule has 1 aromatic heterocycles. The molecule has 0 radical (unpaired) electrons. The van der Waals surface area contributed by atoms with Gasteiger partial charge in [-0.2, -0.15) is 0 Å².